The smallest absolute Gasteiger partial charge is 0.243 e. The first-order chi connectivity index (χ1) is 18.0. The van der Waals surface area contributed by atoms with Crippen molar-refractivity contribution in [3.8, 4) is 0 Å². The van der Waals surface area contributed by atoms with E-state index in [1.165, 1.54) is 0 Å². The highest BCUT2D eigenvalue weighted by Crippen LogP contribution is 2.25. The number of anilines is 2. The molecular weight excluding hydrogens is 484 g/mol. The van der Waals surface area contributed by atoms with Crippen LogP contribution in [0.25, 0.3) is 23.1 Å². The largest absolute Gasteiger partial charge is 0.361 e. The summed E-state index contributed by atoms with van der Waals surface area (Å²) in [6, 6.07) is 15.1. The van der Waals surface area contributed by atoms with E-state index in [1.807, 2.05) is 37.4 Å². The van der Waals surface area contributed by atoms with E-state index < -0.39 is 10.0 Å². The van der Waals surface area contributed by atoms with Gasteiger partial charge in [-0.1, -0.05) is 31.2 Å². The Balaban J connectivity index is 1.25. The molecule has 37 heavy (non-hydrogen) atoms. The van der Waals surface area contributed by atoms with Gasteiger partial charge in [0, 0.05) is 53.3 Å². The SMILES string of the molecule is CCCN(C1CCNCC1)S(=O)(=O)c1ccc(Nc2ncc(/C=C/c3cccc4[nH]ccc34)cn2)cc1. The number of benzene rings is 2. The van der Waals surface area contributed by atoms with Gasteiger partial charge in [0.2, 0.25) is 16.0 Å². The number of H-pyrrole nitrogens is 1. The Morgan fingerprint density at radius 3 is 2.51 bits per heavy atom. The first-order valence-electron chi connectivity index (χ1n) is 12.7. The first-order valence-corrected chi connectivity index (χ1v) is 14.1. The molecule has 0 saturated carbocycles. The lowest BCUT2D eigenvalue weighted by Crippen LogP contribution is -2.46. The maximum Gasteiger partial charge on any atom is 0.243 e. The predicted octanol–water partition coefficient (Wildman–Crippen LogP) is 5.02. The fourth-order valence-corrected chi connectivity index (χ4v) is 6.50. The fourth-order valence-electron chi connectivity index (χ4n) is 4.72. The van der Waals surface area contributed by atoms with Crippen molar-refractivity contribution in [1.29, 1.82) is 0 Å². The molecule has 0 amide bonds. The highest BCUT2D eigenvalue weighted by molar-refractivity contribution is 7.89. The van der Waals surface area contributed by atoms with Crippen LogP contribution < -0.4 is 10.6 Å². The minimum atomic E-state index is -3.56. The molecule has 0 radical (unpaired) electrons. The molecule has 3 heterocycles. The van der Waals surface area contributed by atoms with Gasteiger partial charge in [0.15, 0.2) is 0 Å². The van der Waals surface area contributed by atoms with Crippen LogP contribution >= 0.6 is 0 Å². The lowest BCUT2D eigenvalue weighted by atomic mass is 10.1. The van der Waals surface area contributed by atoms with Crippen LogP contribution in [0, 0.1) is 0 Å². The summed E-state index contributed by atoms with van der Waals surface area (Å²) >= 11 is 0. The van der Waals surface area contributed by atoms with Crippen LogP contribution in [0.4, 0.5) is 11.6 Å². The minimum absolute atomic E-state index is 0.0425. The number of rotatable bonds is 9. The molecule has 9 heteroatoms. The van der Waals surface area contributed by atoms with Crippen LogP contribution in [-0.4, -0.2) is 53.4 Å². The summed E-state index contributed by atoms with van der Waals surface area (Å²) in [6.07, 6.45) is 11.9. The Morgan fingerprint density at radius 2 is 1.78 bits per heavy atom. The van der Waals surface area contributed by atoms with Crippen LogP contribution in [0.5, 0.6) is 0 Å². The molecule has 192 valence electrons. The molecule has 1 aliphatic heterocycles. The van der Waals surface area contributed by atoms with Crippen LogP contribution in [-0.2, 0) is 10.0 Å². The Morgan fingerprint density at radius 1 is 1.03 bits per heavy atom. The molecule has 2 aromatic heterocycles. The van der Waals surface area contributed by atoms with Gasteiger partial charge in [-0.15, -0.1) is 0 Å². The molecule has 0 bridgehead atoms. The van der Waals surface area contributed by atoms with Crippen LogP contribution in [0.15, 0.2) is 72.0 Å². The molecule has 1 saturated heterocycles. The minimum Gasteiger partial charge on any atom is -0.361 e. The number of nitrogens with one attached hydrogen (secondary N) is 3. The summed E-state index contributed by atoms with van der Waals surface area (Å²) in [5.41, 5.74) is 3.83. The maximum absolute atomic E-state index is 13.4. The summed E-state index contributed by atoms with van der Waals surface area (Å²) in [6.45, 7) is 4.24. The van der Waals surface area contributed by atoms with E-state index in [4.69, 9.17) is 0 Å². The second-order valence-corrected chi connectivity index (χ2v) is 11.1. The van der Waals surface area contributed by atoms with Gasteiger partial charge >= 0.3 is 0 Å². The predicted molar refractivity (Wildman–Crippen MR) is 149 cm³/mol. The molecular formula is C28H32N6O2S. The van der Waals surface area contributed by atoms with Crippen LogP contribution in [0.2, 0.25) is 0 Å². The molecule has 1 fully saturated rings. The first kappa shape index (κ1) is 25.1. The number of hydrogen-bond donors (Lipinski definition) is 3. The average Bonchev–Trinajstić information content (AvgIpc) is 3.42. The number of nitrogens with zero attached hydrogens (tertiary/aromatic N) is 3. The van der Waals surface area contributed by atoms with Crippen molar-refractivity contribution in [2.24, 2.45) is 0 Å². The molecule has 0 spiro atoms. The Labute approximate surface area is 217 Å². The van der Waals surface area contributed by atoms with Crippen molar-refractivity contribution < 1.29 is 8.42 Å². The van der Waals surface area contributed by atoms with E-state index in [9.17, 15) is 8.42 Å². The topological polar surface area (TPSA) is 103 Å². The second kappa shape index (κ2) is 11.2. The van der Waals surface area contributed by atoms with Gasteiger partial charge < -0.3 is 15.6 Å². The third-order valence-electron chi connectivity index (χ3n) is 6.63. The second-order valence-electron chi connectivity index (χ2n) is 9.21. The van der Waals surface area contributed by atoms with Gasteiger partial charge in [-0.2, -0.15) is 4.31 Å². The van der Waals surface area contributed by atoms with Gasteiger partial charge in [-0.3, -0.25) is 0 Å². The van der Waals surface area contributed by atoms with Crippen molar-refractivity contribution in [2.75, 3.05) is 25.0 Å². The summed E-state index contributed by atoms with van der Waals surface area (Å²) < 4.78 is 28.5. The Bertz CT molecular complexity index is 1460. The van der Waals surface area contributed by atoms with E-state index in [0.29, 0.717) is 17.4 Å². The molecule has 0 atom stereocenters. The van der Waals surface area contributed by atoms with Crippen LogP contribution in [0.1, 0.15) is 37.3 Å². The summed E-state index contributed by atoms with van der Waals surface area (Å²) in [5.74, 6) is 0.447. The summed E-state index contributed by atoms with van der Waals surface area (Å²) in [4.78, 5) is 12.4. The molecule has 2 aromatic carbocycles. The van der Waals surface area contributed by atoms with Crippen molar-refractivity contribution >= 4 is 44.7 Å². The van der Waals surface area contributed by atoms with E-state index >= 15 is 0 Å². The van der Waals surface area contributed by atoms with E-state index in [-0.39, 0.29) is 6.04 Å². The van der Waals surface area contributed by atoms with Gasteiger partial charge in [0.05, 0.1) is 4.90 Å². The van der Waals surface area contributed by atoms with Crippen molar-refractivity contribution in [1.82, 2.24) is 24.6 Å². The zero-order valence-electron chi connectivity index (χ0n) is 20.9. The van der Waals surface area contributed by atoms with Gasteiger partial charge in [-0.25, -0.2) is 18.4 Å². The number of fused-ring (bicyclic) bond motifs is 1. The Kier molecular flexibility index (Phi) is 7.64. The highest BCUT2D eigenvalue weighted by Gasteiger charge is 2.31. The summed E-state index contributed by atoms with van der Waals surface area (Å²) in [7, 11) is -3.56. The van der Waals surface area contributed by atoms with E-state index in [1.54, 1.807) is 41.0 Å². The lowest BCUT2D eigenvalue weighted by molar-refractivity contribution is 0.262. The van der Waals surface area contributed by atoms with Crippen molar-refractivity contribution in [3.63, 3.8) is 0 Å². The fraction of sp³-hybridized carbons (Fsp3) is 0.286. The quantitative estimate of drug-likeness (QED) is 0.289. The third kappa shape index (κ3) is 5.74. The number of piperidine rings is 1. The van der Waals surface area contributed by atoms with Gasteiger partial charge in [-0.05, 0) is 74.3 Å². The molecule has 3 N–H and O–H groups in total. The number of hydrogen-bond acceptors (Lipinski definition) is 6. The van der Waals surface area contributed by atoms with Gasteiger partial charge in [0.25, 0.3) is 0 Å². The van der Waals surface area contributed by atoms with Crippen molar-refractivity contribution in [2.45, 2.75) is 37.1 Å². The number of aromatic nitrogens is 3. The van der Waals surface area contributed by atoms with Crippen molar-refractivity contribution in [3.05, 3.63) is 78.2 Å². The number of aromatic amines is 1. The molecule has 4 aromatic rings. The van der Waals surface area contributed by atoms with E-state index in [0.717, 1.165) is 60.1 Å². The molecule has 0 unspecified atom stereocenters. The molecule has 8 nitrogen and oxygen atoms in total. The highest BCUT2D eigenvalue weighted by atomic mass is 32.2. The standard InChI is InChI=1S/C28H32N6O2S/c1-2-18-34(24-12-15-29-16-13-24)37(35,36)25-10-8-23(9-11-25)33-28-31-19-21(20-32-28)6-7-22-4-3-5-27-26(22)14-17-30-27/h3-11,14,17,19-20,24,29-30H,2,12-13,15-16,18H2,1H3,(H,31,32,33)/b7-6+. The average molecular weight is 517 g/mol. The summed E-state index contributed by atoms with van der Waals surface area (Å²) in [5, 5.41) is 7.63. The number of sulfonamides is 1. The zero-order valence-corrected chi connectivity index (χ0v) is 21.7. The van der Waals surface area contributed by atoms with Gasteiger partial charge in [0.1, 0.15) is 0 Å². The Hall–Kier alpha value is -3.53. The van der Waals surface area contributed by atoms with E-state index in [2.05, 4.69) is 37.7 Å². The molecule has 0 aliphatic carbocycles. The zero-order chi connectivity index (χ0) is 25.7. The third-order valence-corrected chi connectivity index (χ3v) is 8.60. The normalized spacial score (nSPS) is 15.1. The monoisotopic (exact) mass is 516 g/mol. The molecule has 5 rings (SSSR count). The lowest BCUT2D eigenvalue weighted by Gasteiger charge is -2.33. The van der Waals surface area contributed by atoms with Crippen LogP contribution in [0.3, 0.4) is 0 Å². The molecule has 1 aliphatic rings. The maximum atomic E-state index is 13.4.